The molecule has 1 N–H and O–H groups in total. The Labute approximate surface area is 167 Å². The highest BCUT2D eigenvalue weighted by molar-refractivity contribution is 5.56. The lowest BCUT2D eigenvalue weighted by Gasteiger charge is -2.08. The van der Waals surface area contributed by atoms with E-state index in [2.05, 4.69) is 24.8 Å². The molecule has 0 aliphatic rings. The number of pyridine rings is 3. The maximum absolute atomic E-state index is 4.87. The van der Waals surface area contributed by atoms with Crippen molar-refractivity contribution in [1.29, 1.82) is 0 Å². The maximum atomic E-state index is 4.87. The van der Waals surface area contributed by atoms with E-state index < -0.39 is 0 Å². The van der Waals surface area contributed by atoms with Crippen LogP contribution in [0.15, 0.2) is 79.5 Å². The van der Waals surface area contributed by atoms with Gasteiger partial charge in [0.25, 0.3) is 0 Å². The van der Waals surface area contributed by atoms with E-state index >= 15 is 0 Å². The predicted molar refractivity (Wildman–Crippen MR) is 112 cm³/mol. The van der Waals surface area contributed by atoms with Crippen LogP contribution in [0.5, 0.6) is 0 Å². The van der Waals surface area contributed by atoms with Gasteiger partial charge in [0.2, 0.25) is 0 Å². The first-order valence-corrected chi connectivity index (χ1v) is 9.36. The highest BCUT2D eigenvalue weighted by atomic mass is 15.1. The number of hydrogen-bond acceptors (Lipinski definition) is 5. The summed E-state index contributed by atoms with van der Waals surface area (Å²) in [6.45, 7) is 2.55. The van der Waals surface area contributed by atoms with Crippen LogP contribution >= 0.6 is 0 Å². The van der Waals surface area contributed by atoms with E-state index in [1.807, 2.05) is 78.4 Å². The van der Waals surface area contributed by atoms with E-state index in [1.54, 1.807) is 12.4 Å². The molecule has 0 saturated carbocycles. The van der Waals surface area contributed by atoms with Crippen LogP contribution in [0.1, 0.15) is 11.4 Å². The minimum Gasteiger partial charge on any atom is -0.364 e. The molecule has 5 rings (SSSR count). The lowest BCUT2D eigenvalue weighted by atomic mass is 10.3. The Morgan fingerprint density at radius 3 is 2.72 bits per heavy atom. The third-order valence-electron chi connectivity index (χ3n) is 4.64. The Kier molecular flexibility index (Phi) is 4.25. The Morgan fingerprint density at radius 1 is 0.897 bits per heavy atom. The average molecular weight is 381 g/mol. The second kappa shape index (κ2) is 7.20. The first kappa shape index (κ1) is 17.1. The molecule has 7 heteroatoms. The Hall–Kier alpha value is -4.00. The van der Waals surface area contributed by atoms with Crippen molar-refractivity contribution in [2.75, 3.05) is 5.32 Å². The first-order chi connectivity index (χ1) is 14.3. The number of aryl methyl sites for hydroxylation is 1. The molecule has 5 heterocycles. The van der Waals surface area contributed by atoms with E-state index in [4.69, 9.17) is 4.98 Å². The van der Waals surface area contributed by atoms with Gasteiger partial charge in [0, 0.05) is 36.7 Å². The van der Waals surface area contributed by atoms with Gasteiger partial charge in [-0.2, -0.15) is 0 Å². The fraction of sp³-hybridized carbons (Fsp3) is 0.0909. The summed E-state index contributed by atoms with van der Waals surface area (Å²) in [5.74, 6) is 1.61. The molecule has 7 nitrogen and oxygen atoms in total. The Bertz CT molecular complexity index is 1270. The van der Waals surface area contributed by atoms with Gasteiger partial charge in [-0.1, -0.05) is 12.1 Å². The highest BCUT2D eigenvalue weighted by Crippen LogP contribution is 2.23. The number of nitrogens with one attached hydrogen (secondary N) is 1. The molecule has 0 radical (unpaired) electrons. The van der Waals surface area contributed by atoms with Crippen LogP contribution in [0.25, 0.3) is 22.9 Å². The number of rotatable bonds is 5. The fourth-order valence-corrected chi connectivity index (χ4v) is 3.26. The van der Waals surface area contributed by atoms with Crippen LogP contribution in [0, 0.1) is 6.92 Å². The molecule has 0 atom stereocenters. The van der Waals surface area contributed by atoms with Crippen LogP contribution < -0.4 is 5.32 Å². The lowest BCUT2D eigenvalue weighted by Crippen LogP contribution is -2.01. The summed E-state index contributed by atoms with van der Waals surface area (Å²) in [4.78, 5) is 18.2. The van der Waals surface area contributed by atoms with Crippen LogP contribution in [-0.2, 0) is 6.54 Å². The fourth-order valence-electron chi connectivity index (χ4n) is 3.26. The van der Waals surface area contributed by atoms with Crippen molar-refractivity contribution < 1.29 is 0 Å². The second-order valence-electron chi connectivity index (χ2n) is 6.74. The number of anilines is 1. The molecule has 0 amide bonds. The number of imidazole rings is 2. The van der Waals surface area contributed by atoms with E-state index in [1.165, 1.54) is 0 Å². The largest absolute Gasteiger partial charge is 0.364 e. The normalized spacial score (nSPS) is 11.1. The molecule has 0 bridgehead atoms. The standard InChI is InChI=1S/C22H19N7/c1-16-5-4-6-19(26-16)22-27-17(13-25-20-7-2-3-10-23-20)14-29(22)18-8-9-21-24-11-12-28(21)15-18/h2-12,14-15H,13H2,1H3,(H,23,25). The van der Waals surface area contributed by atoms with Crippen molar-refractivity contribution in [3.63, 3.8) is 0 Å². The van der Waals surface area contributed by atoms with Gasteiger partial charge in [0.15, 0.2) is 5.82 Å². The SMILES string of the molecule is Cc1cccc(-c2nc(CNc3ccccn3)cn2-c2ccc3nccn3c2)n1. The third-order valence-corrected chi connectivity index (χ3v) is 4.64. The number of nitrogens with zero attached hydrogens (tertiary/aromatic N) is 6. The summed E-state index contributed by atoms with van der Waals surface area (Å²) >= 11 is 0. The number of hydrogen-bond donors (Lipinski definition) is 1. The van der Waals surface area contributed by atoms with Crippen LogP contribution in [0.4, 0.5) is 5.82 Å². The minimum atomic E-state index is 0.566. The first-order valence-electron chi connectivity index (χ1n) is 9.36. The molecule has 5 aromatic heterocycles. The van der Waals surface area contributed by atoms with E-state index in [9.17, 15) is 0 Å². The highest BCUT2D eigenvalue weighted by Gasteiger charge is 2.14. The molecule has 0 unspecified atom stereocenters. The van der Waals surface area contributed by atoms with Crippen molar-refractivity contribution in [1.82, 2.24) is 28.9 Å². The molecular formula is C22H19N7. The van der Waals surface area contributed by atoms with Crippen molar-refractivity contribution in [2.24, 2.45) is 0 Å². The van der Waals surface area contributed by atoms with Gasteiger partial charge >= 0.3 is 0 Å². The molecule has 5 aromatic rings. The molecule has 0 fully saturated rings. The van der Waals surface area contributed by atoms with Crippen LogP contribution in [-0.4, -0.2) is 28.9 Å². The summed E-state index contributed by atoms with van der Waals surface area (Å²) < 4.78 is 4.06. The smallest absolute Gasteiger partial charge is 0.163 e. The number of fused-ring (bicyclic) bond motifs is 1. The molecule has 0 aliphatic heterocycles. The van der Waals surface area contributed by atoms with Crippen molar-refractivity contribution >= 4 is 11.5 Å². The number of aromatic nitrogens is 6. The van der Waals surface area contributed by atoms with E-state index in [0.29, 0.717) is 6.54 Å². The zero-order valence-electron chi connectivity index (χ0n) is 15.9. The minimum absolute atomic E-state index is 0.566. The summed E-state index contributed by atoms with van der Waals surface area (Å²) in [6.07, 6.45) is 9.57. The molecular weight excluding hydrogens is 362 g/mol. The van der Waals surface area contributed by atoms with Crippen molar-refractivity contribution in [2.45, 2.75) is 13.5 Å². The van der Waals surface area contributed by atoms with Gasteiger partial charge in [0.05, 0.1) is 17.9 Å². The monoisotopic (exact) mass is 381 g/mol. The van der Waals surface area contributed by atoms with E-state index in [0.717, 1.165) is 40.1 Å². The molecule has 0 saturated heterocycles. The zero-order chi connectivity index (χ0) is 19.6. The van der Waals surface area contributed by atoms with Crippen molar-refractivity contribution in [3.05, 3.63) is 90.9 Å². The van der Waals surface area contributed by atoms with Gasteiger partial charge in [-0.25, -0.2) is 19.9 Å². The van der Waals surface area contributed by atoms with Crippen LogP contribution in [0.2, 0.25) is 0 Å². The summed E-state index contributed by atoms with van der Waals surface area (Å²) in [5, 5.41) is 3.32. The Morgan fingerprint density at radius 2 is 1.86 bits per heavy atom. The maximum Gasteiger partial charge on any atom is 0.163 e. The summed E-state index contributed by atoms with van der Waals surface area (Å²) in [6, 6.07) is 15.8. The predicted octanol–water partition coefficient (Wildman–Crippen LogP) is 3.90. The third kappa shape index (κ3) is 3.45. The van der Waals surface area contributed by atoms with Crippen LogP contribution in [0.3, 0.4) is 0 Å². The molecule has 142 valence electrons. The summed E-state index contributed by atoms with van der Waals surface area (Å²) in [5.41, 5.74) is 4.58. The molecule has 29 heavy (non-hydrogen) atoms. The second-order valence-corrected chi connectivity index (χ2v) is 6.74. The lowest BCUT2D eigenvalue weighted by molar-refractivity contribution is 1.02. The van der Waals surface area contributed by atoms with E-state index in [-0.39, 0.29) is 0 Å². The molecule has 0 spiro atoms. The van der Waals surface area contributed by atoms with Gasteiger partial charge in [-0.3, -0.25) is 4.57 Å². The van der Waals surface area contributed by atoms with Crippen molar-refractivity contribution in [3.8, 4) is 17.2 Å². The van der Waals surface area contributed by atoms with Gasteiger partial charge < -0.3 is 9.72 Å². The summed E-state index contributed by atoms with van der Waals surface area (Å²) in [7, 11) is 0. The average Bonchev–Trinajstić information content (AvgIpc) is 3.39. The zero-order valence-corrected chi connectivity index (χ0v) is 15.9. The Balaban J connectivity index is 1.56. The van der Waals surface area contributed by atoms with Gasteiger partial charge in [0.1, 0.15) is 17.2 Å². The topological polar surface area (TPSA) is 72.9 Å². The molecule has 0 aliphatic carbocycles. The van der Waals surface area contributed by atoms with Gasteiger partial charge in [-0.15, -0.1) is 0 Å². The molecule has 0 aromatic carbocycles. The quantitative estimate of drug-likeness (QED) is 0.500. The van der Waals surface area contributed by atoms with Gasteiger partial charge in [-0.05, 0) is 43.3 Å².